The molecule has 1 aliphatic rings. The van der Waals surface area contributed by atoms with Gasteiger partial charge < -0.3 is 10.0 Å². The molecule has 21 heavy (non-hydrogen) atoms. The Morgan fingerprint density at radius 3 is 2.95 bits per heavy atom. The summed E-state index contributed by atoms with van der Waals surface area (Å²) in [6.07, 6.45) is 4.83. The number of amides is 1. The highest BCUT2D eigenvalue weighted by atomic mass is 16.2. The molecule has 3 heteroatoms. The number of aliphatic hydroxyl groups is 1. The lowest BCUT2D eigenvalue weighted by Crippen LogP contribution is -2.43. The number of rotatable bonds is 3. The number of carbonyl (C=O) groups excluding carboxylic acids is 1. The molecule has 1 unspecified atom stereocenters. The van der Waals surface area contributed by atoms with Crippen LogP contribution in [0.2, 0.25) is 0 Å². The van der Waals surface area contributed by atoms with Crippen molar-refractivity contribution in [3.05, 3.63) is 35.4 Å². The van der Waals surface area contributed by atoms with Crippen LogP contribution in [0.4, 0.5) is 0 Å². The maximum Gasteiger partial charge on any atom is 0.255 e. The molecule has 0 aromatic heterocycles. The molecule has 1 heterocycles. The minimum absolute atomic E-state index is 0.0488. The zero-order valence-corrected chi connectivity index (χ0v) is 12.6. The molecule has 1 N–H and O–H groups in total. The largest absolute Gasteiger partial charge is 0.395 e. The third kappa shape index (κ3) is 3.86. The monoisotopic (exact) mass is 285 g/mol. The molecule has 1 amide bonds. The van der Waals surface area contributed by atoms with Gasteiger partial charge >= 0.3 is 0 Å². The Morgan fingerprint density at radius 2 is 2.19 bits per heavy atom. The van der Waals surface area contributed by atoms with Crippen LogP contribution in [-0.2, 0) is 0 Å². The fourth-order valence-electron chi connectivity index (χ4n) is 2.84. The summed E-state index contributed by atoms with van der Waals surface area (Å²) in [5.41, 5.74) is 1.44. The highest BCUT2D eigenvalue weighted by Crippen LogP contribution is 2.22. The van der Waals surface area contributed by atoms with E-state index in [2.05, 4.69) is 18.8 Å². The Morgan fingerprint density at radius 1 is 1.38 bits per heavy atom. The van der Waals surface area contributed by atoms with Gasteiger partial charge in [-0.3, -0.25) is 4.79 Å². The van der Waals surface area contributed by atoms with E-state index in [1.54, 1.807) is 0 Å². The molecule has 1 fully saturated rings. The highest BCUT2D eigenvalue weighted by molar-refractivity contribution is 5.97. The molecule has 1 aliphatic heterocycles. The molecule has 0 aliphatic carbocycles. The quantitative estimate of drug-likeness (QED) is 0.868. The Hall–Kier alpha value is -1.79. The fraction of sp³-hybridized carbons (Fsp3) is 0.500. The zero-order valence-electron chi connectivity index (χ0n) is 12.6. The molecule has 0 radical (unpaired) electrons. The lowest BCUT2D eigenvalue weighted by atomic mass is 9.97. The van der Waals surface area contributed by atoms with Gasteiger partial charge in [-0.2, -0.15) is 0 Å². The van der Waals surface area contributed by atoms with Gasteiger partial charge in [0.25, 0.3) is 5.91 Å². The van der Waals surface area contributed by atoms with Crippen LogP contribution in [0.5, 0.6) is 0 Å². The van der Waals surface area contributed by atoms with Gasteiger partial charge in [-0.15, -0.1) is 0 Å². The Bertz CT molecular complexity index is 542. The first-order valence-corrected chi connectivity index (χ1v) is 7.77. The van der Waals surface area contributed by atoms with Crippen LogP contribution in [0.15, 0.2) is 24.3 Å². The second-order valence-electron chi connectivity index (χ2n) is 5.38. The standard InChI is InChI=1S/C18H23NO2/c1-2-16-11-5-7-13-19(16)18(21)17-12-4-3-9-15(17)10-6-8-14-20/h3-4,9,12,16,20H,2,5,7-8,11,13-14H2,1H3. The van der Waals surface area contributed by atoms with Gasteiger partial charge in [0, 0.05) is 24.6 Å². The van der Waals surface area contributed by atoms with Gasteiger partial charge in [0.05, 0.1) is 12.2 Å². The first-order chi connectivity index (χ1) is 10.3. The summed E-state index contributed by atoms with van der Waals surface area (Å²) in [5, 5.41) is 8.82. The Balaban J connectivity index is 2.24. The van der Waals surface area contributed by atoms with E-state index in [1.807, 2.05) is 29.2 Å². The summed E-state index contributed by atoms with van der Waals surface area (Å²) in [6.45, 7) is 3.03. The lowest BCUT2D eigenvalue weighted by Gasteiger charge is -2.35. The van der Waals surface area contributed by atoms with Gasteiger partial charge in [-0.05, 0) is 37.8 Å². The van der Waals surface area contributed by atoms with Crippen molar-refractivity contribution < 1.29 is 9.90 Å². The summed E-state index contributed by atoms with van der Waals surface area (Å²) in [6, 6.07) is 7.86. The number of hydrogen-bond acceptors (Lipinski definition) is 2. The van der Waals surface area contributed by atoms with E-state index in [4.69, 9.17) is 5.11 Å². The minimum atomic E-state index is 0.0488. The van der Waals surface area contributed by atoms with Crippen molar-refractivity contribution >= 4 is 5.91 Å². The van der Waals surface area contributed by atoms with E-state index in [9.17, 15) is 4.79 Å². The van der Waals surface area contributed by atoms with Crippen LogP contribution in [0.1, 0.15) is 54.9 Å². The van der Waals surface area contributed by atoms with E-state index >= 15 is 0 Å². The summed E-state index contributed by atoms with van der Waals surface area (Å²) in [7, 11) is 0. The molecule has 0 saturated carbocycles. The average Bonchev–Trinajstić information content (AvgIpc) is 2.55. The zero-order chi connectivity index (χ0) is 15.1. The highest BCUT2D eigenvalue weighted by Gasteiger charge is 2.27. The molecule has 0 spiro atoms. The number of benzene rings is 1. The summed E-state index contributed by atoms with van der Waals surface area (Å²) in [5.74, 6) is 6.01. The smallest absolute Gasteiger partial charge is 0.255 e. The number of aliphatic hydroxyl groups excluding tert-OH is 1. The normalized spacial score (nSPS) is 18.0. The third-order valence-corrected chi connectivity index (χ3v) is 3.98. The average molecular weight is 285 g/mol. The topological polar surface area (TPSA) is 40.5 Å². The SMILES string of the molecule is CCC1CCCCN1C(=O)c1ccccc1C#CCCO. The lowest BCUT2D eigenvalue weighted by molar-refractivity contribution is 0.0608. The van der Waals surface area contributed by atoms with Crippen molar-refractivity contribution in [1.29, 1.82) is 0 Å². The summed E-state index contributed by atoms with van der Waals surface area (Å²) in [4.78, 5) is 14.8. The van der Waals surface area contributed by atoms with E-state index in [0.717, 1.165) is 31.4 Å². The van der Waals surface area contributed by atoms with Gasteiger partial charge in [0.2, 0.25) is 0 Å². The van der Waals surface area contributed by atoms with Crippen LogP contribution in [0, 0.1) is 11.8 Å². The van der Waals surface area contributed by atoms with Crippen LogP contribution in [0.3, 0.4) is 0 Å². The molecular weight excluding hydrogens is 262 g/mol. The van der Waals surface area contributed by atoms with E-state index in [1.165, 1.54) is 6.42 Å². The first-order valence-electron chi connectivity index (χ1n) is 7.77. The Labute approximate surface area is 127 Å². The number of piperidine rings is 1. The fourth-order valence-corrected chi connectivity index (χ4v) is 2.84. The number of hydrogen-bond donors (Lipinski definition) is 1. The predicted octanol–water partition coefficient (Wildman–Crippen LogP) is 2.83. The van der Waals surface area contributed by atoms with Crippen molar-refractivity contribution in [3.63, 3.8) is 0 Å². The third-order valence-electron chi connectivity index (χ3n) is 3.98. The molecule has 1 saturated heterocycles. The van der Waals surface area contributed by atoms with Crippen LogP contribution in [0.25, 0.3) is 0 Å². The van der Waals surface area contributed by atoms with Gasteiger partial charge in [0.1, 0.15) is 0 Å². The molecule has 3 nitrogen and oxygen atoms in total. The number of carbonyl (C=O) groups is 1. The van der Waals surface area contributed by atoms with Crippen molar-refractivity contribution in [2.45, 2.75) is 45.1 Å². The van der Waals surface area contributed by atoms with E-state index in [0.29, 0.717) is 18.0 Å². The van der Waals surface area contributed by atoms with Crippen LogP contribution < -0.4 is 0 Å². The second kappa shape index (κ2) is 7.85. The van der Waals surface area contributed by atoms with Gasteiger partial charge in [0.15, 0.2) is 0 Å². The second-order valence-corrected chi connectivity index (χ2v) is 5.38. The molecule has 0 bridgehead atoms. The number of nitrogens with zero attached hydrogens (tertiary/aromatic N) is 1. The maximum absolute atomic E-state index is 12.8. The molecule has 112 valence electrons. The van der Waals surface area contributed by atoms with Crippen molar-refractivity contribution in [2.24, 2.45) is 0 Å². The van der Waals surface area contributed by atoms with Gasteiger partial charge in [-0.1, -0.05) is 30.9 Å². The summed E-state index contributed by atoms with van der Waals surface area (Å²) < 4.78 is 0. The number of likely N-dealkylation sites (tertiary alicyclic amines) is 1. The van der Waals surface area contributed by atoms with Crippen molar-refractivity contribution in [2.75, 3.05) is 13.2 Å². The molecule has 1 aromatic carbocycles. The molecular formula is C18H23NO2. The minimum Gasteiger partial charge on any atom is -0.395 e. The summed E-state index contributed by atoms with van der Waals surface area (Å²) >= 11 is 0. The molecule has 1 aromatic rings. The molecule has 1 atom stereocenters. The predicted molar refractivity (Wildman–Crippen MR) is 84.0 cm³/mol. The van der Waals surface area contributed by atoms with E-state index < -0.39 is 0 Å². The molecule has 2 rings (SSSR count). The van der Waals surface area contributed by atoms with Crippen molar-refractivity contribution in [3.8, 4) is 11.8 Å². The Kier molecular flexibility index (Phi) is 5.83. The van der Waals surface area contributed by atoms with E-state index in [-0.39, 0.29) is 12.5 Å². The van der Waals surface area contributed by atoms with Crippen LogP contribution in [-0.4, -0.2) is 35.1 Å². The van der Waals surface area contributed by atoms with Crippen molar-refractivity contribution in [1.82, 2.24) is 4.90 Å². The first kappa shape index (κ1) is 15.6. The maximum atomic E-state index is 12.8. The van der Waals surface area contributed by atoms with Gasteiger partial charge in [-0.25, -0.2) is 0 Å². The van der Waals surface area contributed by atoms with Crippen LogP contribution >= 0.6 is 0 Å².